The molecule has 3 nitrogen and oxygen atoms in total. The first-order valence-electron chi connectivity index (χ1n) is 6.43. The standard InChI is InChI=1S/C16H15ClFNO2/c1-19(12-7-8-14(18)13(17)9-12)16(21)10-15(20)11-5-3-2-4-6-11/h2-9,15,20H,10H2,1H3. The smallest absolute Gasteiger partial charge is 0.229 e. The highest BCUT2D eigenvalue weighted by Crippen LogP contribution is 2.24. The van der Waals surface area contributed by atoms with E-state index < -0.39 is 11.9 Å². The predicted octanol–water partition coefficient (Wildman–Crippen LogP) is 3.57. The van der Waals surface area contributed by atoms with Crippen molar-refractivity contribution in [3.05, 3.63) is 64.9 Å². The molecule has 2 aromatic rings. The van der Waals surface area contributed by atoms with Gasteiger partial charge in [-0.1, -0.05) is 41.9 Å². The van der Waals surface area contributed by atoms with Crippen LogP contribution in [-0.2, 0) is 4.79 Å². The Morgan fingerprint density at radius 1 is 1.29 bits per heavy atom. The second-order valence-corrected chi connectivity index (χ2v) is 5.09. The van der Waals surface area contributed by atoms with Crippen molar-refractivity contribution in [3.63, 3.8) is 0 Å². The minimum Gasteiger partial charge on any atom is -0.388 e. The lowest BCUT2D eigenvalue weighted by Gasteiger charge is -2.20. The van der Waals surface area contributed by atoms with E-state index in [2.05, 4.69) is 0 Å². The van der Waals surface area contributed by atoms with E-state index in [4.69, 9.17) is 11.6 Å². The maximum Gasteiger partial charge on any atom is 0.229 e. The minimum atomic E-state index is -0.878. The molecule has 0 radical (unpaired) electrons. The number of rotatable bonds is 4. The van der Waals surface area contributed by atoms with E-state index >= 15 is 0 Å². The molecule has 0 heterocycles. The molecule has 0 fully saturated rings. The molecule has 1 unspecified atom stereocenters. The van der Waals surface area contributed by atoms with Crippen molar-refractivity contribution in [2.75, 3.05) is 11.9 Å². The minimum absolute atomic E-state index is 0.0456. The first kappa shape index (κ1) is 15.5. The summed E-state index contributed by atoms with van der Waals surface area (Å²) >= 11 is 5.70. The van der Waals surface area contributed by atoms with Crippen molar-refractivity contribution in [1.82, 2.24) is 0 Å². The number of amides is 1. The Morgan fingerprint density at radius 3 is 2.57 bits per heavy atom. The molecule has 1 atom stereocenters. The fourth-order valence-electron chi connectivity index (χ4n) is 1.93. The highest BCUT2D eigenvalue weighted by molar-refractivity contribution is 6.31. The lowest BCUT2D eigenvalue weighted by Crippen LogP contribution is -2.27. The van der Waals surface area contributed by atoms with Gasteiger partial charge in [-0.25, -0.2) is 4.39 Å². The van der Waals surface area contributed by atoms with Crippen LogP contribution in [0.15, 0.2) is 48.5 Å². The number of hydrogen-bond acceptors (Lipinski definition) is 2. The first-order valence-corrected chi connectivity index (χ1v) is 6.81. The fourth-order valence-corrected chi connectivity index (χ4v) is 2.11. The zero-order valence-electron chi connectivity index (χ0n) is 11.5. The third-order valence-corrected chi connectivity index (χ3v) is 3.51. The molecule has 0 saturated heterocycles. The van der Waals surface area contributed by atoms with Gasteiger partial charge in [-0.05, 0) is 23.8 Å². The van der Waals surface area contributed by atoms with Crippen molar-refractivity contribution in [2.45, 2.75) is 12.5 Å². The molecule has 21 heavy (non-hydrogen) atoms. The van der Waals surface area contributed by atoms with Gasteiger partial charge in [-0.2, -0.15) is 0 Å². The van der Waals surface area contributed by atoms with Crippen LogP contribution in [0.1, 0.15) is 18.1 Å². The van der Waals surface area contributed by atoms with Gasteiger partial charge in [0.05, 0.1) is 17.5 Å². The topological polar surface area (TPSA) is 40.5 Å². The molecule has 0 aliphatic carbocycles. The molecule has 0 aromatic heterocycles. The summed E-state index contributed by atoms with van der Waals surface area (Å²) in [6.45, 7) is 0. The number of hydrogen-bond donors (Lipinski definition) is 1. The van der Waals surface area contributed by atoms with E-state index in [1.165, 1.54) is 23.1 Å². The van der Waals surface area contributed by atoms with Crippen LogP contribution in [0, 0.1) is 5.82 Å². The van der Waals surface area contributed by atoms with Crippen LogP contribution < -0.4 is 4.90 Å². The second kappa shape index (κ2) is 6.70. The molecule has 0 saturated carbocycles. The number of carbonyl (C=O) groups excluding carboxylic acids is 1. The van der Waals surface area contributed by atoms with Crippen LogP contribution in [0.3, 0.4) is 0 Å². The Morgan fingerprint density at radius 2 is 1.95 bits per heavy atom. The molecule has 0 aliphatic rings. The molecule has 0 aliphatic heterocycles. The quantitative estimate of drug-likeness (QED) is 0.938. The zero-order valence-corrected chi connectivity index (χ0v) is 12.2. The highest BCUT2D eigenvalue weighted by Gasteiger charge is 2.18. The summed E-state index contributed by atoms with van der Waals surface area (Å²) in [5.41, 5.74) is 1.16. The lowest BCUT2D eigenvalue weighted by molar-refractivity contribution is -0.120. The molecule has 0 spiro atoms. The summed E-state index contributed by atoms with van der Waals surface area (Å²) < 4.78 is 13.1. The third kappa shape index (κ3) is 3.80. The normalized spacial score (nSPS) is 12.0. The van der Waals surface area contributed by atoms with Gasteiger partial charge in [0.1, 0.15) is 5.82 Å². The third-order valence-electron chi connectivity index (χ3n) is 3.22. The van der Waals surface area contributed by atoms with Crippen molar-refractivity contribution < 1.29 is 14.3 Å². The fraction of sp³-hybridized carbons (Fsp3) is 0.188. The predicted molar refractivity (Wildman–Crippen MR) is 80.8 cm³/mol. The number of nitrogens with zero attached hydrogens (tertiary/aromatic N) is 1. The van der Waals surface area contributed by atoms with E-state index in [-0.39, 0.29) is 17.4 Å². The number of aliphatic hydroxyl groups is 1. The zero-order chi connectivity index (χ0) is 15.4. The van der Waals surface area contributed by atoms with Gasteiger partial charge in [0.15, 0.2) is 0 Å². The van der Waals surface area contributed by atoms with Crippen LogP contribution in [-0.4, -0.2) is 18.1 Å². The van der Waals surface area contributed by atoms with E-state index in [0.29, 0.717) is 11.3 Å². The summed E-state index contributed by atoms with van der Waals surface area (Å²) in [5.74, 6) is -0.820. The van der Waals surface area contributed by atoms with Gasteiger partial charge < -0.3 is 10.0 Å². The molecule has 5 heteroatoms. The Hall–Kier alpha value is -1.91. The molecule has 0 bridgehead atoms. The number of anilines is 1. The SMILES string of the molecule is CN(C(=O)CC(O)c1ccccc1)c1ccc(F)c(Cl)c1. The molecular weight excluding hydrogens is 293 g/mol. The van der Waals surface area contributed by atoms with E-state index in [9.17, 15) is 14.3 Å². The van der Waals surface area contributed by atoms with Crippen molar-refractivity contribution in [2.24, 2.45) is 0 Å². The van der Waals surface area contributed by atoms with Gasteiger partial charge in [-0.15, -0.1) is 0 Å². The van der Waals surface area contributed by atoms with Gasteiger partial charge in [0.25, 0.3) is 0 Å². The van der Waals surface area contributed by atoms with Crippen LogP contribution in [0.5, 0.6) is 0 Å². The molecule has 1 N–H and O–H groups in total. The molecule has 2 rings (SSSR count). The highest BCUT2D eigenvalue weighted by atomic mass is 35.5. The van der Waals surface area contributed by atoms with Crippen LogP contribution >= 0.6 is 11.6 Å². The van der Waals surface area contributed by atoms with Crippen molar-refractivity contribution in [1.29, 1.82) is 0 Å². The van der Waals surface area contributed by atoms with Crippen LogP contribution in [0.25, 0.3) is 0 Å². The van der Waals surface area contributed by atoms with Gasteiger partial charge in [-0.3, -0.25) is 4.79 Å². The molecule has 2 aromatic carbocycles. The summed E-state index contributed by atoms with van der Waals surface area (Å²) in [6.07, 6.45) is -0.938. The van der Waals surface area contributed by atoms with Crippen molar-refractivity contribution in [3.8, 4) is 0 Å². The van der Waals surface area contributed by atoms with Gasteiger partial charge in [0, 0.05) is 12.7 Å². The van der Waals surface area contributed by atoms with E-state index in [1.54, 1.807) is 31.3 Å². The maximum atomic E-state index is 13.1. The van der Waals surface area contributed by atoms with Gasteiger partial charge in [0.2, 0.25) is 5.91 Å². The lowest BCUT2D eigenvalue weighted by atomic mass is 10.1. The van der Waals surface area contributed by atoms with Crippen LogP contribution in [0.2, 0.25) is 5.02 Å². The average molecular weight is 308 g/mol. The number of carbonyl (C=O) groups is 1. The Labute approximate surface area is 127 Å². The maximum absolute atomic E-state index is 13.1. The molecule has 110 valence electrons. The van der Waals surface area contributed by atoms with E-state index in [1.807, 2.05) is 6.07 Å². The molecular formula is C16H15ClFNO2. The average Bonchev–Trinajstić information content (AvgIpc) is 2.50. The second-order valence-electron chi connectivity index (χ2n) is 4.68. The van der Waals surface area contributed by atoms with Crippen LogP contribution in [0.4, 0.5) is 10.1 Å². The number of benzene rings is 2. The van der Waals surface area contributed by atoms with Gasteiger partial charge >= 0.3 is 0 Å². The first-order chi connectivity index (χ1) is 9.99. The molecule has 1 amide bonds. The summed E-state index contributed by atoms with van der Waals surface area (Å²) in [6, 6.07) is 13.0. The summed E-state index contributed by atoms with van der Waals surface area (Å²) in [7, 11) is 1.56. The Kier molecular flexibility index (Phi) is 4.94. The largest absolute Gasteiger partial charge is 0.388 e. The summed E-state index contributed by atoms with van der Waals surface area (Å²) in [4.78, 5) is 13.5. The number of halogens is 2. The Balaban J connectivity index is 2.07. The Bertz CT molecular complexity index is 633. The monoisotopic (exact) mass is 307 g/mol. The van der Waals surface area contributed by atoms with E-state index in [0.717, 1.165) is 0 Å². The van der Waals surface area contributed by atoms with Crippen molar-refractivity contribution >= 4 is 23.2 Å². The summed E-state index contributed by atoms with van der Waals surface area (Å²) in [5, 5.41) is 10.0. The number of aliphatic hydroxyl groups excluding tert-OH is 1.